The average Bonchev–Trinajstić information content (AvgIpc) is 2.79. The van der Waals surface area contributed by atoms with Gasteiger partial charge in [0.1, 0.15) is 17.4 Å². The first-order valence-electron chi connectivity index (χ1n) is 5.51. The highest BCUT2D eigenvalue weighted by Crippen LogP contribution is 2.33. The minimum atomic E-state index is -0.626. The van der Waals surface area contributed by atoms with Gasteiger partial charge in [-0.3, -0.25) is 0 Å². The Hall–Kier alpha value is -0.980. The fourth-order valence-electron chi connectivity index (χ4n) is 1.91. The Labute approximate surface area is 122 Å². The second kappa shape index (κ2) is 5.98. The molecule has 6 heteroatoms. The van der Waals surface area contributed by atoms with Crippen molar-refractivity contribution in [2.24, 2.45) is 0 Å². The molecule has 0 bridgehead atoms. The van der Waals surface area contributed by atoms with Gasteiger partial charge >= 0.3 is 0 Å². The highest BCUT2D eigenvalue weighted by atomic mass is 79.9. The van der Waals surface area contributed by atoms with Crippen molar-refractivity contribution in [3.63, 3.8) is 0 Å². The van der Waals surface area contributed by atoms with Gasteiger partial charge in [0.05, 0.1) is 16.9 Å². The SMILES string of the molecule is CNC(c1csc(Br)c1)c1c(F)cc(OC)cc1F. The summed E-state index contributed by atoms with van der Waals surface area (Å²) in [5.74, 6) is -1.09. The number of methoxy groups -OCH3 is 1. The van der Waals surface area contributed by atoms with E-state index in [-0.39, 0.29) is 11.3 Å². The average molecular weight is 348 g/mol. The molecule has 1 atom stereocenters. The summed E-state index contributed by atoms with van der Waals surface area (Å²) in [5, 5.41) is 4.79. The largest absolute Gasteiger partial charge is 0.497 e. The van der Waals surface area contributed by atoms with Gasteiger partial charge in [-0.2, -0.15) is 0 Å². The summed E-state index contributed by atoms with van der Waals surface area (Å²) in [5.41, 5.74) is 0.802. The lowest BCUT2D eigenvalue weighted by molar-refractivity contribution is 0.403. The zero-order valence-corrected chi connectivity index (χ0v) is 12.7. The highest BCUT2D eigenvalue weighted by Gasteiger charge is 2.22. The molecule has 1 unspecified atom stereocenters. The fraction of sp³-hybridized carbons (Fsp3) is 0.231. The van der Waals surface area contributed by atoms with E-state index >= 15 is 0 Å². The van der Waals surface area contributed by atoms with Gasteiger partial charge in [0.2, 0.25) is 0 Å². The van der Waals surface area contributed by atoms with Gasteiger partial charge < -0.3 is 10.1 Å². The van der Waals surface area contributed by atoms with Crippen molar-refractivity contribution < 1.29 is 13.5 Å². The van der Waals surface area contributed by atoms with Crippen LogP contribution < -0.4 is 10.1 Å². The topological polar surface area (TPSA) is 21.3 Å². The van der Waals surface area contributed by atoms with Crippen LogP contribution in [0.25, 0.3) is 0 Å². The van der Waals surface area contributed by atoms with E-state index in [2.05, 4.69) is 21.2 Å². The summed E-state index contributed by atoms with van der Waals surface area (Å²) in [4.78, 5) is 0. The van der Waals surface area contributed by atoms with Crippen LogP contribution in [0.2, 0.25) is 0 Å². The molecule has 0 radical (unpaired) electrons. The normalized spacial score (nSPS) is 12.5. The number of hydrogen-bond acceptors (Lipinski definition) is 3. The van der Waals surface area contributed by atoms with E-state index in [0.717, 1.165) is 9.35 Å². The first-order valence-corrected chi connectivity index (χ1v) is 7.18. The third-order valence-electron chi connectivity index (χ3n) is 2.79. The Balaban J connectivity index is 2.49. The van der Waals surface area contributed by atoms with Crippen LogP contribution >= 0.6 is 27.3 Å². The summed E-state index contributed by atoms with van der Waals surface area (Å²) in [6.07, 6.45) is 0. The van der Waals surface area contributed by atoms with Crippen LogP contribution in [0, 0.1) is 11.6 Å². The van der Waals surface area contributed by atoms with Gasteiger partial charge in [0.25, 0.3) is 0 Å². The van der Waals surface area contributed by atoms with Crippen molar-refractivity contribution in [1.82, 2.24) is 5.32 Å². The molecule has 1 N–H and O–H groups in total. The predicted octanol–water partition coefficient (Wildman–Crippen LogP) is 4.11. The number of ether oxygens (including phenoxy) is 1. The molecule has 1 aromatic heterocycles. The van der Waals surface area contributed by atoms with Gasteiger partial charge in [-0.15, -0.1) is 11.3 Å². The second-order valence-corrected chi connectivity index (χ2v) is 6.20. The van der Waals surface area contributed by atoms with E-state index in [1.807, 2.05) is 11.4 Å². The minimum absolute atomic E-state index is 0.00593. The molecule has 19 heavy (non-hydrogen) atoms. The Morgan fingerprint density at radius 2 is 1.89 bits per heavy atom. The molecular formula is C13H12BrF2NOS. The van der Waals surface area contributed by atoms with Crippen molar-refractivity contribution in [3.05, 3.63) is 50.1 Å². The van der Waals surface area contributed by atoms with E-state index in [1.54, 1.807) is 7.05 Å². The highest BCUT2D eigenvalue weighted by molar-refractivity contribution is 9.11. The van der Waals surface area contributed by atoms with Gasteiger partial charge in [-0.05, 0) is 40.0 Å². The van der Waals surface area contributed by atoms with Crippen LogP contribution in [0.4, 0.5) is 8.78 Å². The molecule has 1 aromatic carbocycles. The van der Waals surface area contributed by atoms with Crippen LogP contribution in [0.15, 0.2) is 27.4 Å². The van der Waals surface area contributed by atoms with Crippen molar-refractivity contribution in [1.29, 1.82) is 0 Å². The third kappa shape index (κ3) is 2.96. The minimum Gasteiger partial charge on any atom is -0.497 e. The van der Waals surface area contributed by atoms with E-state index in [1.165, 1.54) is 30.6 Å². The second-order valence-electron chi connectivity index (χ2n) is 3.91. The summed E-state index contributed by atoms with van der Waals surface area (Å²) in [6.45, 7) is 0. The molecule has 2 nitrogen and oxygen atoms in total. The van der Waals surface area contributed by atoms with Gasteiger partial charge in [-0.25, -0.2) is 8.78 Å². The number of thiophene rings is 1. The summed E-state index contributed by atoms with van der Waals surface area (Å²) in [6, 6.07) is 3.68. The number of benzene rings is 1. The van der Waals surface area contributed by atoms with E-state index < -0.39 is 17.7 Å². The molecule has 2 rings (SSSR count). The lowest BCUT2D eigenvalue weighted by atomic mass is 10.00. The third-order valence-corrected chi connectivity index (χ3v) is 4.31. The van der Waals surface area contributed by atoms with Crippen LogP contribution in [-0.4, -0.2) is 14.2 Å². The smallest absolute Gasteiger partial charge is 0.134 e. The lowest BCUT2D eigenvalue weighted by Crippen LogP contribution is -2.20. The van der Waals surface area contributed by atoms with Gasteiger partial charge in [0.15, 0.2) is 0 Å². The van der Waals surface area contributed by atoms with E-state index in [9.17, 15) is 8.78 Å². The van der Waals surface area contributed by atoms with Gasteiger partial charge in [0, 0.05) is 17.7 Å². The molecule has 0 saturated heterocycles. The molecule has 1 heterocycles. The first kappa shape index (κ1) is 14.4. The molecule has 102 valence electrons. The van der Waals surface area contributed by atoms with Crippen LogP contribution in [0.5, 0.6) is 5.75 Å². The Morgan fingerprint density at radius 3 is 2.32 bits per heavy atom. The maximum absolute atomic E-state index is 14.1. The van der Waals surface area contributed by atoms with Gasteiger partial charge in [-0.1, -0.05) is 0 Å². The molecule has 0 spiro atoms. The quantitative estimate of drug-likeness (QED) is 0.898. The zero-order chi connectivity index (χ0) is 14.0. The Morgan fingerprint density at radius 1 is 1.26 bits per heavy atom. The molecule has 0 aliphatic heterocycles. The fourth-order valence-corrected chi connectivity index (χ4v) is 3.11. The Kier molecular flexibility index (Phi) is 4.54. The summed E-state index contributed by atoms with van der Waals surface area (Å²) in [7, 11) is 3.04. The van der Waals surface area contributed by atoms with E-state index in [4.69, 9.17) is 4.74 Å². The van der Waals surface area contributed by atoms with Crippen LogP contribution in [0.3, 0.4) is 0 Å². The lowest BCUT2D eigenvalue weighted by Gasteiger charge is -2.17. The number of hydrogen-bond donors (Lipinski definition) is 1. The number of halogens is 3. The van der Waals surface area contributed by atoms with Crippen molar-refractivity contribution >= 4 is 27.3 Å². The zero-order valence-electron chi connectivity index (χ0n) is 10.3. The Bertz CT molecular complexity index is 565. The van der Waals surface area contributed by atoms with Crippen molar-refractivity contribution in [2.75, 3.05) is 14.2 Å². The predicted molar refractivity (Wildman–Crippen MR) is 75.8 cm³/mol. The standard InChI is InChI=1S/C13H12BrF2NOS/c1-17-13(7-3-11(14)19-6-7)12-9(15)4-8(18-2)5-10(12)16/h3-6,13,17H,1-2H3. The maximum Gasteiger partial charge on any atom is 0.134 e. The van der Waals surface area contributed by atoms with E-state index in [0.29, 0.717) is 0 Å². The summed E-state index contributed by atoms with van der Waals surface area (Å²) < 4.78 is 33.9. The van der Waals surface area contributed by atoms with Crippen molar-refractivity contribution in [3.8, 4) is 5.75 Å². The molecular weight excluding hydrogens is 336 g/mol. The van der Waals surface area contributed by atoms with Crippen molar-refractivity contribution in [2.45, 2.75) is 6.04 Å². The molecule has 0 aliphatic rings. The van der Waals surface area contributed by atoms with Crippen LogP contribution in [-0.2, 0) is 0 Å². The maximum atomic E-state index is 14.1. The first-order chi connectivity index (χ1) is 9.06. The molecule has 0 fully saturated rings. The number of nitrogens with one attached hydrogen (secondary N) is 1. The van der Waals surface area contributed by atoms with Crippen LogP contribution in [0.1, 0.15) is 17.2 Å². The molecule has 0 aliphatic carbocycles. The monoisotopic (exact) mass is 347 g/mol. The molecule has 0 amide bonds. The summed E-state index contributed by atoms with van der Waals surface area (Å²) >= 11 is 4.81. The number of rotatable bonds is 4. The molecule has 2 aromatic rings. The molecule has 0 saturated carbocycles.